The van der Waals surface area contributed by atoms with Crippen LogP contribution in [0, 0.1) is 0 Å². The van der Waals surface area contributed by atoms with Gasteiger partial charge >= 0.3 is 8.80 Å². The maximum absolute atomic E-state index is 5.69. The van der Waals surface area contributed by atoms with E-state index in [9.17, 15) is 0 Å². The van der Waals surface area contributed by atoms with Gasteiger partial charge in [-0.1, -0.05) is 63.1 Å². The molecule has 0 atom stereocenters. The van der Waals surface area contributed by atoms with Crippen LogP contribution in [0.2, 0.25) is 6.04 Å². The number of hydrogen-bond donors (Lipinski definition) is 0. The summed E-state index contributed by atoms with van der Waals surface area (Å²) in [4.78, 5) is 0. The highest BCUT2D eigenvalue weighted by Crippen LogP contribution is 2.18. The van der Waals surface area contributed by atoms with Gasteiger partial charge in [-0.2, -0.15) is 0 Å². The van der Waals surface area contributed by atoms with Crippen molar-refractivity contribution < 1.29 is 22.8 Å². The van der Waals surface area contributed by atoms with Gasteiger partial charge in [0.05, 0.1) is 6.61 Å². The summed E-state index contributed by atoms with van der Waals surface area (Å²) >= 11 is 0. The fraction of sp³-hybridized carbons (Fsp3) is 0.739. The van der Waals surface area contributed by atoms with E-state index < -0.39 is 8.80 Å². The number of benzene rings is 1. The second-order valence-corrected chi connectivity index (χ2v) is 10.4. The molecule has 0 saturated heterocycles. The monoisotopic (exact) mass is 426 g/mol. The molecule has 0 aromatic heterocycles. The molecule has 6 heteroatoms. The van der Waals surface area contributed by atoms with Crippen molar-refractivity contribution in [3.63, 3.8) is 0 Å². The quantitative estimate of drug-likeness (QED) is 0.193. The minimum Gasteiger partial charge on any atom is -0.494 e. The normalized spacial score (nSPS) is 11.7. The lowest BCUT2D eigenvalue weighted by Gasteiger charge is -2.24. The number of ether oxygens (including phenoxy) is 2. The van der Waals surface area contributed by atoms with Crippen molar-refractivity contribution in [2.75, 3.05) is 41.2 Å². The van der Waals surface area contributed by atoms with Gasteiger partial charge in [-0.05, 0) is 25.0 Å². The van der Waals surface area contributed by atoms with Crippen LogP contribution in [0.5, 0.6) is 5.75 Å². The zero-order valence-corrected chi connectivity index (χ0v) is 19.8. The molecule has 29 heavy (non-hydrogen) atoms. The SMILES string of the molecule is CO[Si](CCCCCCCCCCCOCCCOc1ccccc1)(OC)OC. The molecular weight excluding hydrogens is 384 g/mol. The summed E-state index contributed by atoms with van der Waals surface area (Å²) in [5, 5.41) is 0. The van der Waals surface area contributed by atoms with Crippen LogP contribution in [0.3, 0.4) is 0 Å². The number of para-hydroxylation sites is 1. The third-order valence-electron chi connectivity index (χ3n) is 5.15. The molecule has 0 bridgehead atoms. The largest absolute Gasteiger partial charge is 0.500 e. The molecule has 0 saturated carbocycles. The van der Waals surface area contributed by atoms with Gasteiger partial charge < -0.3 is 22.8 Å². The van der Waals surface area contributed by atoms with Gasteiger partial charge in [-0.3, -0.25) is 0 Å². The highest BCUT2D eigenvalue weighted by Gasteiger charge is 2.36. The first-order chi connectivity index (χ1) is 14.3. The Bertz CT molecular complexity index is 459. The predicted octanol–water partition coefficient (Wildman–Crippen LogP) is 5.86. The molecule has 1 rings (SSSR count). The zero-order valence-electron chi connectivity index (χ0n) is 18.8. The van der Waals surface area contributed by atoms with E-state index in [-0.39, 0.29) is 0 Å². The van der Waals surface area contributed by atoms with Gasteiger partial charge in [0.25, 0.3) is 0 Å². The lowest BCUT2D eigenvalue weighted by atomic mass is 10.1. The van der Waals surface area contributed by atoms with Crippen molar-refractivity contribution in [3.05, 3.63) is 30.3 Å². The Morgan fingerprint density at radius 2 is 1.10 bits per heavy atom. The van der Waals surface area contributed by atoms with Gasteiger partial charge in [0, 0.05) is 47.0 Å². The van der Waals surface area contributed by atoms with E-state index in [4.69, 9.17) is 22.8 Å². The van der Waals surface area contributed by atoms with E-state index in [2.05, 4.69) is 0 Å². The molecule has 0 fully saturated rings. The van der Waals surface area contributed by atoms with Crippen LogP contribution in [0.4, 0.5) is 0 Å². The molecule has 1 aromatic carbocycles. The number of rotatable bonds is 20. The second-order valence-electron chi connectivity index (χ2n) is 7.35. The molecule has 0 amide bonds. The predicted molar refractivity (Wildman–Crippen MR) is 121 cm³/mol. The summed E-state index contributed by atoms with van der Waals surface area (Å²) in [7, 11) is 2.70. The Morgan fingerprint density at radius 3 is 1.69 bits per heavy atom. The fourth-order valence-electron chi connectivity index (χ4n) is 3.31. The molecule has 0 aliphatic carbocycles. The van der Waals surface area contributed by atoms with Crippen LogP contribution >= 0.6 is 0 Å². The van der Waals surface area contributed by atoms with Crippen LogP contribution in [-0.4, -0.2) is 50.0 Å². The van der Waals surface area contributed by atoms with Gasteiger partial charge in [0.1, 0.15) is 5.75 Å². The first-order valence-corrected chi connectivity index (χ1v) is 13.1. The summed E-state index contributed by atoms with van der Waals surface area (Å²) in [6.07, 6.45) is 12.3. The molecule has 0 unspecified atom stereocenters. The third-order valence-corrected chi connectivity index (χ3v) is 7.98. The highest BCUT2D eigenvalue weighted by molar-refractivity contribution is 6.60. The highest BCUT2D eigenvalue weighted by atomic mass is 28.4. The van der Waals surface area contributed by atoms with Gasteiger partial charge in [-0.15, -0.1) is 0 Å². The van der Waals surface area contributed by atoms with Crippen LogP contribution in [0.1, 0.15) is 64.2 Å². The Kier molecular flexibility index (Phi) is 16.1. The topological polar surface area (TPSA) is 46.2 Å². The molecule has 0 spiro atoms. The maximum Gasteiger partial charge on any atom is 0.500 e. The Hall–Kier alpha value is -0.923. The van der Waals surface area contributed by atoms with Crippen LogP contribution in [-0.2, 0) is 18.0 Å². The lowest BCUT2D eigenvalue weighted by molar-refractivity contribution is 0.115. The van der Waals surface area contributed by atoms with E-state index in [1.165, 1.54) is 44.9 Å². The summed E-state index contributed by atoms with van der Waals surface area (Å²) in [6, 6.07) is 10.9. The van der Waals surface area contributed by atoms with Crippen molar-refractivity contribution in [3.8, 4) is 5.75 Å². The van der Waals surface area contributed by atoms with Crippen molar-refractivity contribution >= 4 is 8.80 Å². The Morgan fingerprint density at radius 1 is 0.586 bits per heavy atom. The average Bonchev–Trinajstić information content (AvgIpc) is 2.77. The van der Waals surface area contributed by atoms with Gasteiger partial charge in [0.15, 0.2) is 0 Å². The molecule has 5 nitrogen and oxygen atoms in total. The summed E-state index contributed by atoms with van der Waals surface area (Å²) in [6.45, 7) is 2.37. The standard InChI is InChI=1S/C23H42O5Si/c1-24-29(25-2,26-3)22-15-10-8-6-4-5-7-9-14-19-27-20-16-21-28-23-17-12-11-13-18-23/h11-13,17-18H,4-10,14-16,19-22H2,1-3H3. The summed E-state index contributed by atoms with van der Waals surface area (Å²) in [5.41, 5.74) is 0. The van der Waals surface area contributed by atoms with E-state index >= 15 is 0 Å². The van der Waals surface area contributed by atoms with E-state index in [1.807, 2.05) is 30.3 Å². The summed E-state index contributed by atoms with van der Waals surface area (Å²) < 4.78 is 27.7. The Balaban J connectivity index is 1.78. The van der Waals surface area contributed by atoms with E-state index in [0.717, 1.165) is 50.9 Å². The van der Waals surface area contributed by atoms with Crippen LogP contribution in [0.15, 0.2) is 30.3 Å². The molecule has 0 N–H and O–H groups in total. The van der Waals surface area contributed by atoms with Crippen LogP contribution < -0.4 is 4.74 Å². The van der Waals surface area contributed by atoms with E-state index in [1.54, 1.807) is 21.3 Å². The maximum atomic E-state index is 5.69. The average molecular weight is 427 g/mol. The minimum absolute atomic E-state index is 0.718. The van der Waals surface area contributed by atoms with Crippen LogP contribution in [0.25, 0.3) is 0 Å². The van der Waals surface area contributed by atoms with Crippen molar-refractivity contribution in [1.82, 2.24) is 0 Å². The molecule has 0 radical (unpaired) electrons. The lowest BCUT2D eigenvalue weighted by Crippen LogP contribution is -2.42. The molecule has 0 aliphatic rings. The molecule has 168 valence electrons. The smallest absolute Gasteiger partial charge is 0.494 e. The minimum atomic E-state index is -2.36. The van der Waals surface area contributed by atoms with Crippen molar-refractivity contribution in [2.24, 2.45) is 0 Å². The fourth-order valence-corrected chi connectivity index (χ4v) is 5.10. The van der Waals surface area contributed by atoms with Crippen molar-refractivity contribution in [2.45, 2.75) is 70.3 Å². The first-order valence-electron chi connectivity index (χ1n) is 11.2. The van der Waals surface area contributed by atoms with Gasteiger partial charge in [0.2, 0.25) is 0 Å². The molecule has 0 heterocycles. The number of unbranched alkanes of at least 4 members (excludes halogenated alkanes) is 8. The molecule has 0 aliphatic heterocycles. The summed E-state index contributed by atoms with van der Waals surface area (Å²) in [5.74, 6) is 0.933. The second kappa shape index (κ2) is 17.9. The molecular formula is C23H42O5Si. The van der Waals surface area contributed by atoms with Crippen molar-refractivity contribution in [1.29, 1.82) is 0 Å². The number of hydrogen-bond acceptors (Lipinski definition) is 5. The Labute approximate surface area is 179 Å². The van der Waals surface area contributed by atoms with Gasteiger partial charge in [-0.25, -0.2) is 0 Å². The molecule has 1 aromatic rings. The first kappa shape index (κ1) is 26.1. The zero-order chi connectivity index (χ0) is 21.0. The van der Waals surface area contributed by atoms with E-state index in [0.29, 0.717) is 0 Å². The third kappa shape index (κ3) is 13.1.